The topological polar surface area (TPSA) is 60.9 Å². The zero-order chi connectivity index (χ0) is 12.4. The molecule has 0 spiro atoms. The standard InChI is InChI=1S/C11H12ClN3O2/c1-7(2)15-10(13-6-14-15)5-9(16)8-3-4-17-11(8)12/h3-4,6-7H,5H2,1-2H3. The molecule has 0 aliphatic carbocycles. The van der Waals surface area contributed by atoms with Gasteiger partial charge in [-0.25, -0.2) is 9.67 Å². The number of furan rings is 1. The minimum absolute atomic E-state index is 0.116. The second-order valence-corrected chi connectivity index (χ2v) is 4.27. The molecule has 0 aromatic carbocycles. The normalized spacial score (nSPS) is 11.1. The van der Waals surface area contributed by atoms with E-state index in [0.29, 0.717) is 11.4 Å². The van der Waals surface area contributed by atoms with Gasteiger partial charge in [0, 0.05) is 6.04 Å². The molecule has 0 aliphatic rings. The molecule has 5 nitrogen and oxygen atoms in total. The number of carbonyl (C=O) groups is 1. The lowest BCUT2D eigenvalue weighted by Crippen LogP contribution is -2.13. The van der Waals surface area contributed by atoms with Gasteiger partial charge in [-0.1, -0.05) is 0 Å². The van der Waals surface area contributed by atoms with Gasteiger partial charge in [0.25, 0.3) is 0 Å². The first-order valence-corrected chi connectivity index (χ1v) is 5.62. The average Bonchev–Trinajstić information content (AvgIpc) is 2.86. The Kier molecular flexibility index (Phi) is 3.28. The molecule has 2 heterocycles. The van der Waals surface area contributed by atoms with Crippen molar-refractivity contribution < 1.29 is 9.21 Å². The lowest BCUT2D eigenvalue weighted by atomic mass is 10.1. The summed E-state index contributed by atoms with van der Waals surface area (Å²) in [6, 6.07) is 1.72. The molecule has 0 radical (unpaired) electrons. The first-order chi connectivity index (χ1) is 8.09. The summed E-state index contributed by atoms with van der Waals surface area (Å²) in [5, 5.41) is 4.19. The van der Waals surface area contributed by atoms with Crippen LogP contribution in [-0.2, 0) is 6.42 Å². The fraction of sp³-hybridized carbons (Fsp3) is 0.364. The van der Waals surface area contributed by atoms with Crippen LogP contribution in [0.1, 0.15) is 36.1 Å². The summed E-state index contributed by atoms with van der Waals surface area (Å²) < 4.78 is 6.60. The molecule has 0 fully saturated rings. The summed E-state index contributed by atoms with van der Waals surface area (Å²) >= 11 is 5.75. The molecule has 17 heavy (non-hydrogen) atoms. The van der Waals surface area contributed by atoms with Gasteiger partial charge >= 0.3 is 0 Å². The molecule has 0 amide bonds. The lowest BCUT2D eigenvalue weighted by molar-refractivity contribution is 0.0988. The van der Waals surface area contributed by atoms with Crippen LogP contribution in [0.25, 0.3) is 0 Å². The summed E-state index contributed by atoms with van der Waals surface area (Å²) in [7, 11) is 0. The Hall–Kier alpha value is -1.62. The molecule has 0 saturated carbocycles. The number of halogens is 1. The van der Waals surface area contributed by atoms with E-state index >= 15 is 0 Å². The highest BCUT2D eigenvalue weighted by molar-refractivity contribution is 6.32. The van der Waals surface area contributed by atoms with Crippen LogP contribution in [0.4, 0.5) is 0 Å². The Morgan fingerprint density at radius 3 is 2.94 bits per heavy atom. The highest BCUT2D eigenvalue weighted by Crippen LogP contribution is 2.19. The fourth-order valence-corrected chi connectivity index (χ4v) is 1.78. The van der Waals surface area contributed by atoms with Crippen LogP contribution in [0.15, 0.2) is 23.1 Å². The molecule has 0 bridgehead atoms. The van der Waals surface area contributed by atoms with E-state index < -0.39 is 0 Å². The van der Waals surface area contributed by atoms with Crippen molar-refractivity contribution in [2.75, 3.05) is 0 Å². The number of hydrogen-bond donors (Lipinski definition) is 0. The van der Waals surface area contributed by atoms with Crippen molar-refractivity contribution >= 4 is 17.4 Å². The van der Waals surface area contributed by atoms with Crippen molar-refractivity contribution in [1.29, 1.82) is 0 Å². The minimum atomic E-state index is -0.126. The number of Topliss-reactive ketones (excluding diaryl/α,β-unsaturated/α-hetero) is 1. The number of ketones is 1. The van der Waals surface area contributed by atoms with Crippen molar-refractivity contribution in [2.24, 2.45) is 0 Å². The largest absolute Gasteiger partial charge is 0.452 e. The van der Waals surface area contributed by atoms with Crippen LogP contribution in [0.2, 0.25) is 5.22 Å². The second kappa shape index (κ2) is 4.71. The Morgan fingerprint density at radius 1 is 1.59 bits per heavy atom. The Balaban J connectivity index is 2.19. The number of hydrogen-bond acceptors (Lipinski definition) is 4. The number of rotatable bonds is 4. The molecule has 0 saturated heterocycles. The predicted molar refractivity (Wildman–Crippen MR) is 62.2 cm³/mol. The first-order valence-electron chi connectivity index (χ1n) is 5.24. The van der Waals surface area contributed by atoms with E-state index in [4.69, 9.17) is 16.0 Å². The fourth-order valence-electron chi connectivity index (χ4n) is 1.56. The molecule has 2 rings (SSSR count). The van der Waals surface area contributed by atoms with Gasteiger partial charge in [-0.15, -0.1) is 0 Å². The van der Waals surface area contributed by atoms with Crippen molar-refractivity contribution in [1.82, 2.24) is 14.8 Å². The van der Waals surface area contributed by atoms with Gasteiger partial charge in [0.1, 0.15) is 12.2 Å². The van der Waals surface area contributed by atoms with Crippen LogP contribution >= 0.6 is 11.6 Å². The van der Waals surface area contributed by atoms with Gasteiger partial charge in [0.05, 0.1) is 18.2 Å². The van der Waals surface area contributed by atoms with Crippen LogP contribution in [-0.4, -0.2) is 20.5 Å². The van der Waals surface area contributed by atoms with Crippen molar-refractivity contribution in [3.05, 3.63) is 35.3 Å². The van der Waals surface area contributed by atoms with E-state index in [1.165, 1.54) is 12.6 Å². The second-order valence-electron chi connectivity index (χ2n) is 3.92. The lowest BCUT2D eigenvalue weighted by Gasteiger charge is -2.08. The van der Waals surface area contributed by atoms with Gasteiger partial charge in [-0.2, -0.15) is 5.10 Å². The SMILES string of the molecule is CC(C)n1ncnc1CC(=O)c1ccoc1Cl. The van der Waals surface area contributed by atoms with E-state index in [-0.39, 0.29) is 23.5 Å². The molecule has 90 valence electrons. The summed E-state index contributed by atoms with van der Waals surface area (Å²) in [5.41, 5.74) is 0.380. The molecule has 0 atom stereocenters. The molecule has 0 unspecified atom stereocenters. The number of nitrogens with zero attached hydrogens (tertiary/aromatic N) is 3. The molecule has 0 N–H and O–H groups in total. The summed E-state index contributed by atoms with van der Waals surface area (Å²) in [6.45, 7) is 3.96. The number of aromatic nitrogens is 3. The summed E-state index contributed by atoms with van der Waals surface area (Å²) in [6.07, 6.45) is 3.00. The van der Waals surface area contributed by atoms with Gasteiger partial charge in [-0.3, -0.25) is 4.79 Å². The van der Waals surface area contributed by atoms with Crippen LogP contribution in [0.5, 0.6) is 0 Å². The van der Waals surface area contributed by atoms with Crippen LogP contribution in [0, 0.1) is 0 Å². The third kappa shape index (κ3) is 2.39. The Morgan fingerprint density at radius 2 is 2.35 bits per heavy atom. The molecule has 6 heteroatoms. The molecule has 2 aromatic heterocycles. The van der Waals surface area contributed by atoms with E-state index in [9.17, 15) is 4.79 Å². The maximum atomic E-state index is 11.9. The van der Waals surface area contributed by atoms with Crippen LogP contribution in [0.3, 0.4) is 0 Å². The molecule has 2 aromatic rings. The smallest absolute Gasteiger partial charge is 0.203 e. The highest BCUT2D eigenvalue weighted by Gasteiger charge is 2.17. The predicted octanol–water partition coefficient (Wildman–Crippen LogP) is 2.53. The summed E-state index contributed by atoms with van der Waals surface area (Å²) in [5.74, 6) is 0.501. The Bertz CT molecular complexity index is 530. The zero-order valence-corrected chi connectivity index (χ0v) is 10.3. The third-order valence-electron chi connectivity index (χ3n) is 2.37. The zero-order valence-electron chi connectivity index (χ0n) is 9.55. The first kappa shape index (κ1) is 11.9. The van der Waals surface area contributed by atoms with Gasteiger partial charge in [0.2, 0.25) is 5.22 Å². The Labute approximate surface area is 103 Å². The van der Waals surface area contributed by atoms with E-state index in [1.807, 2.05) is 13.8 Å². The third-order valence-corrected chi connectivity index (χ3v) is 2.67. The minimum Gasteiger partial charge on any atom is -0.452 e. The molecular formula is C11H12ClN3O2. The highest BCUT2D eigenvalue weighted by atomic mass is 35.5. The van der Waals surface area contributed by atoms with Crippen LogP contribution < -0.4 is 0 Å². The summed E-state index contributed by atoms with van der Waals surface area (Å²) in [4.78, 5) is 16.0. The maximum Gasteiger partial charge on any atom is 0.203 e. The van der Waals surface area contributed by atoms with Gasteiger partial charge in [0.15, 0.2) is 5.78 Å². The number of carbonyl (C=O) groups excluding carboxylic acids is 1. The van der Waals surface area contributed by atoms with Gasteiger partial charge in [-0.05, 0) is 31.5 Å². The average molecular weight is 254 g/mol. The van der Waals surface area contributed by atoms with E-state index in [1.54, 1.807) is 10.7 Å². The molecular weight excluding hydrogens is 242 g/mol. The maximum absolute atomic E-state index is 11.9. The van der Waals surface area contributed by atoms with Crippen molar-refractivity contribution in [3.8, 4) is 0 Å². The molecule has 0 aliphatic heterocycles. The van der Waals surface area contributed by atoms with E-state index in [2.05, 4.69) is 10.1 Å². The van der Waals surface area contributed by atoms with Crippen molar-refractivity contribution in [2.45, 2.75) is 26.3 Å². The van der Waals surface area contributed by atoms with Crippen molar-refractivity contribution in [3.63, 3.8) is 0 Å². The van der Waals surface area contributed by atoms with E-state index in [0.717, 1.165) is 0 Å². The monoisotopic (exact) mass is 253 g/mol. The van der Waals surface area contributed by atoms with Gasteiger partial charge < -0.3 is 4.42 Å². The quantitative estimate of drug-likeness (QED) is 0.786.